The molecule has 1 amide bonds. The van der Waals surface area contributed by atoms with Gasteiger partial charge in [-0.25, -0.2) is 0 Å². The summed E-state index contributed by atoms with van der Waals surface area (Å²) in [6.07, 6.45) is 2.33. The predicted molar refractivity (Wildman–Crippen MR) is 92.0 cm³/mol. The zero-order chi connectivity index (χ0) is 17.5. The van der Waals surface area contributed by atoms with Gasteiger partial charge in [-0.2, -0.15) is 0 Å². The number of likely N-dealkylation sites (tertiary alicyclic amines) is 1. The number of esters is 1. The van der Waals surface area contributed by atoms with Crippen LogP contribution < -0.4 is 4.74 Å². The van der Waals surface area contributed by atoms with E-state index in [9.17, 15) is 9.59 Å². The molecular formula is C19H27NO4. The van der Waals surface area contributed by atoms with Crippen LogP contribution in [0.25, 0.3) is 0 Å². The van der Waals surface area contributed by atoms with E-state index < -0.39 is 0 Å². The number of para-hydroxylation sites is 1. The molecule has 0 spiro atoms. The van der Waals surface area contributed by atoms with Gasteiger partial charge in [-0.15, -0.1) is 0 Å². The Morgan fingerprint density at radius 2 is 1.92 bits per heavy atom. The Balaban J connectivity index is 1.87. The van der Waals surface area contributed by atoms with E-state index in [2.05, 4.69) is 19.9 Å². The fraction of sp³-hybridized carbons (Fsp3) is 0.579. The molecule has 1 atom stereocenters. The van der Waals surface area contributed by atoms with Crippen LogP contribution >= 0.6 is 0 Å². The number of ether oxygens (including phenoxy) is 2. The van der Waals surface area contributed by atoms with Crippen molar-refractivity contribution in [2.45, 2.75) is 39.0 Å². The molecule has 1 aromatic carbocycles. The van der Waals surface area contributed by atoms with Gasteiger partial charge in [0.1, 0.15) is 5.75 Å². The molecule has 24 heavy (non-hydrogen) atoms. The maximum Gasteiger partial charge on any atom is 0.308 e. The highest BCUT2D eigenvalue weighted by atomic mass is 16.5. The number of amides is 1. The van der Waals surface area contributed by atoms with E-state index in [1.807, 2.05) is 18.2 Å². The molecular weight excluding hydrogens is 306 g/mol. The zero-order valence-corrected chi connectivity index (χ0v) is 14.8. The first-order valence-electron chi connectivity index (χ1n) is 8.64. The third-order valence-corrected chi connectivity index (χ3v) is 4.80. The van der Waals surface area contributed by atoms with E-state index >= 15 is 0 Å². The normalized spacial score (nSPS) is 16.5. The first-order valence-corrected chi connectivity index (χ1v) is 8.64. The summed E-state index contributed by atoms with van der Waals surface area (Å²) in [6, 6.07) is 7.88. The van der Waals surface area contributed by atoms with Crippen LogP contribution in [0, 0.1) is 5.92 Å². The van der Waals surface area contributed by atoms with Gasteiger partial charge in [-0.05, 0) is 36.8 Å². The molecule has 132 valence electrons. The van der Waals surface area contributed by atoms with Crippen LogP contribution in [0.15, 0.2) is 24.3 Å². The first-order chi connectivity index (χ1) is 11.6. The monoisotopic (exact) mass is 333 g/mol. The topological polar surface area (TPSA) is 55.8 Å². The zero-order valence-electron chi connectivity index (χ0n) is 14.8. The van der Waals surface area contributed by atoms with Gasteiger partial charge in [0.15, 0.2) is 6.61 Å². The van der Waals surface area contributed by atoms with Crippen LogP contribution in [0.5, 0.6) is 5.75 Å². The lowest BCUT2D eigenvalue weighted by molar-refractivity contribution is -0.149. The Bertz CT molecular complexity index is 564. The van der Waals surface area contributed by atoms with Crippen molar-refractivity contribution in [2.24, 2.45) is 5.92 Å². The molecule has 0 saturated carbocycles. The molecule has 1 heterocycles. The second kappa shape index (κ2) is 8.71. The fourth-order valence-corrected chi connectivity index (χ4v) is 3.00. The lowest BCUT2D eigenvalue weighted by Crippen LogP contribution is -2.42. The Kier molecular flexibility index (Phi) is 6.64. The molecule has 1 aromatic rings. The average molecular weight is 333 g/mol. The van der Waals surface area contributed by atoms with E-state index in [1.165, 1.54) is 7.11 Å². The predicted octanol–water partition coefficient (Wildman–Crippen LogP) is 2.99. The molecule has 0 aromatic heterocycles. The Hall–Kier alpha value is -2.04. The summed E-state index contributed by atoms with van der Waals surface area (Å²) in [7, 11) is 1.41. The maximum atomic E-state index is 12.4. The minimum Gasteiger partial charge on any atom is -0.483 e. The van der Waals surface area contributed by atoms with Crippen molar-refractivity contribution >= 4 is 11.9 Å². The summed E-state index contributed by atoms with van der Waals surface area (Å²) < 4.78 is 10.6. The molecule has 0 unspecified atom stereocenters. The van der Waals surface area contributed by atoms with E-state index in [1.54, 1.807) is 4.90 Å². The van der Waals surface area contributed by atoms with Crippen molar-refractivity contribution in [3.63, 3.8) is 0 Å². The summed E-state index contributed by atoms with van der Waals surface area (Å²) in [5, 5.41) is 0. The number of rotatable bonds is 6. The van der Waals surface area contributed by atoms with E-state index in [-0.39, 0.29) is 24.4 Å². The van der Waals surface area contributed by atoms with E-state index in [0.717, 1.165) is 17.7 Å². The van der Waals surface area contributed by atoms with Gasteiger partial charge < -0.3 is 14.4 Å². The summed E-state index contributed by atoms with van der Waals surface area (Å²) in [6.45, 7) is 5.49. The van der Waals surface area contributed by atoms with E-state index in [4.69, 9.17) is 9.47 Å². The second-order valence-electron chi connectivity index (χ2n) is 6.31. The summed E-state index contributed by atoms with van der Waals surface area (Å²) in [5.41, 5.74) is 1.14. The average Bonchev–Trinajstić information content (AvgIpc) is 2.65. The number of benzene rings is 1. The lowest BCUT2D eigenvalue weighted by Gasteiger charge is -2.30. The number of piperidine rings is 1. The Morgan fingerprint density at radius 3 is 2.54 bits per heavy atom. The SMILES string of the molecule is CC[C@H](C)c1ccccc1OCC(=O)N1CCC(C(=O)OC)CC1. The van der Waals surface area contributed by atoms with Crippen molar-refractivity contribution in [3.05, 3.63) is 29.8 Å². The largest absolute Gasteiger partial charge is 0.483 e. The molecule has 0 bridgehead atoms. The van der Waals surface area contributed by atoms with Crippen molar-refractivity contribution < 1.29 is 19.1 Å². The smallest absolute Gasteiger partial charge is 0.308 e. The van der Waals surface area contributed by atoms with Crippen molar-refractivity contribution in [2.75, 3.05) is 26.8 Å². The number of methoxy groups -OCH3 is 1. The molecule has 2 rings (SSSR count). The molecule has 0 aliphatic carbocycles. The summed E-state index contributed by atoms with van der Waals surface area (Å²) >= 11 is 0. The molecule has 1 fully saturated rings. The molecule has 0 radical (unpaired) electrons. The fourth-order valence-electron chi connectivity index (χ4n) is 3.00. The molecule has 1 aliphatic rings. The van der Waals surface area contributed by atoms with Crippen LogP contribution in [-0.2, 0) is 14.3 Å². The summed E-state index contributed by atoms with van der Waals surface area (Å²) in [5.74, 6) is 0.876. The highest BCUT2D eigenvalue weighted by Gasteiger charge is 2.28. The van der Waals surface area contributed by atoms with Crippen LogP contribution in [0.2, 0.25) is 0 Å². The Morgan fingerprint density at radius 1 is 1.25 bits per heavy atom. The van der Waals surface area contributed by atoms with Crippen molar-refractivity contribution in [3.8, 4) is 5.75 Å². The highest BCUT2D eigenvalue weighted by molar-refractivity contribution is 5.78. The Labute approximate surface area is 143 Å². The van der Waals surface area contributed by atoms with Gasteiger partial charge in [0.05, 0.1) is 13.0 Å². The number of carbonyl (C=O) groups excluding carboxylic acids is 2. The van der Waals surface area contributed by atoms with Crippen LogP contribution in [-0.4, -0.2) is 43.6 Å². The lowest BCUT2D eigenvalue weighted by atomic mass is 9.97. The van der Waals surface area contributed by atoms with Crippen LogP contribution in [0.3, 0.4) is 0 Å². The number of hydrogen-bond donors (Lipinski definition) is 0. The molecule has 1 saturated heterocycles. The third-order valence-electron chi connectivity index (χ3n) is 4.80. The minimum absolute atomic E-state index is 0.0303. The van der Waals surface area contributed by atoms with Gasteiger partial charge in [-0.3, -0.25) is 9.59 Å². The van der Waals surface area contributed by atoms with Gasteiger partial charge in [0, 0.05) is 13.1 Å². The van der Waals surface area contributed by atoms with Crippen molar-refractivity contribution in [1.82, 2.24) is 4.90 Å². The molecule has 0 N–H and O–H groups in total. The van der Waals surface area contributed by atoms with Crippen LogP contribution in [0.4, 0.5) is 0 Å². The number of nitrogens with zero attached hydrogens (tertiary/aromatic N) is 1. The van der Waals surface area contributed by atoms with Gasteiger partial charge in [0.25, 0.3) is 5.91 Å². The van der Waals surface area contributed by atoms with Crippen LogP contribution in [0.1, 0.15) is 44.6 Å². The maximum absolute atomic E-state index is 12.4. The van der Waals surface area contributed by atoms with Crippen molar-refractivity contribution in [1.29, 1.82) is 0 Å². The molecule has 5 heteroatoms. The standard InChI is InChI=1S/C19H27NO4/c1-4-14(2)16-7-5-6-8-17(16)24-13-18(21)20-11-9-15(10-12-20)19(22)23-3/h5-8,14-15H,4,9-13H2,1-3H3/t14-/m0/s1. The number of carbonyl (C=O) groups is 2. The third kappa shape index (κ3) is 4.49. The number of hydrogen-bond acceptors (Lipinski definition) is 4. The van der Waals surface area contributed by atoms with Gasteiger partial charge >= 0.3 is 5.97 Å². The highest BCUT2D eigenvalue weighted by Crippen LogP contribution is 2.28. The van der Waals surface area contributed by atoms with Gasteiger partial charge in [-0.1, -0.05) is 32.0 Å². The first kappa shape index (κ1) is 18.3. The molecule has 5 nitrogen and oxygen atoms in total. The van der Waals surface area contributed by atoms with E-state index in [0.29, 0.717) is 31.8 Å². The molecule has 1 aliphatic heterocycles. The quantitative estimate of drug-likeness (QED) is 0.751. The van der Waals surface area contributed by atoms with Gasteiger partial charge in [0.2, 0.25) is 0 Å². The summed E-state index contributed by atoms with van der Waals surface area (Å²) in [4.78, 5) is 25.7. The second-order valence-corrected chi connectivity index (χ2v) is 6.31. The minimum atomic E-state index is -0.180.